The largest absolute Gasteiger partial charge is 0.396 e. The molecule has 1 rings (SSSR count). The van der Waals surface area contributed by atoms with Gasteiger partial charge in [-0.2, -0.15) is 0 Å². The average Bonchev–Trinajstić information content (AvgIpc) is 2.21. The van der Waals surface area contributed by atoms with Gasteiger partial charge in [0.25, 0.3) is 5.91 Å². The molecule has 5 nitrogen and oxygen atoms in total. The van der Waals surface area contributed by atoms with Crippen LogP contribution in [-0.2, 0) is 0 Å². The van der Waals surface area contributed by atoms with Crippen molar-refractivity contribution in [3.05, 3.63) is 17.8 Å². The number of rotatable bonds is 5. The maximum absolute atomic E-state index is 11.0. The summed E-state index contributed by atoms with van der Waals surface area (Å²) in [6.45, 7) is 4.15. The molecule has 0 aliphatic rings. The van der Waals surface area contributed by atoms with Crippen molar-refractivity contribution in [3.8, 4) is 0 Å². The van der Waals surface area contributed by atoms with Crippen molar-refractivity contribution in [1.82, 2.24) is 4.98 Å². The number of hydrogen-bond donors (Lipinski definition) is 3. The number of aromatic nitrogens is 1. The summed E-state index contributed by atoms with van der Waals surface area (Å²) in [4.78, 5) is 15.1. The summed E-state index contributed by atoms with van der Waals surface area (Å²) in [5.41, 5.74) is 11.7. The van der Waals surface area contributed by atoms with Crippen molar-refractivity contribution < 1.29 is 4.79 Å². The summed E-state index contributed by atoms with van der Waals surface area (Å²) >= 11 is 0. The van der Waals surface area contributed by atoms with Crippen LogP contribution < -0.4 is 16.8 Å². The summed E-state index contributed by atoms with van der Waals surface area (Å²) in [5.74, 6) is -0.0246. The highest BCUT2D eigenvalue weighted by Crippen LogP contribution is 2.17. The van der Waals surface area contributed by atoms with Crippen LogP contribution in [0.3, 0.4) is 0 Å². The standard InChI is InChI=1S/C11H18N4O/c1-3-4-7(2)14-11-8(12)5-6-9(15-11)10(13)16/h5-7H,3-4,12H2,1-2H3,(H2,13,16)(H,14,15). The van der Waals surface area contributed by atoms with Gasteiger partial charge in [0.15, 0.2) is 0 Å². The van der Waals surface area contributed by atoms with Crippen molar-refractivity contribution >= 4 is 17.4 Å². The molecule has 0 fully saturated rings. The molecule has 5 N–H and O–H groups in total. The number of hydrogen-bond acceptors (Lipinski definition) is 4. The van der Waals surface area contributed by atoms with Crippen LogP contribution in [0, 0.1) is 0 Å². The van der Waals surface area contributed by atoms with Gasteiger partial charge in [-0.3, -0.25) is 4.79 Å². The summed E-state index contributed by atoms with van der Waals surface area (Å²) in [7, 11) is 0. The number of primary amides is 1. The van der Waals surface area contributed by atoms with E-state index in [1.807, 2.05) is 6.92 Å². The smallest absolute Gasteiger partial charge is 0.267 e. The fraction of sp³-hybridized carbons (Fsp3) is 0.455. The molecule has 0 radical (unpaired) electrons. The fourth-order valence-electron chi connectivity index (χ4n) is 1.46. The van der Waals surface area contributed by atoms with E-state index in [0.29, 0.717) is 11.5 Å². The Hall–Kier alpha value is -1.78. The Labute approximate surface area is 95.2 Å². The van der Waals surface area contributed by atoms with Gasteiger partial charge in [-0.25, -0.2) is 4.98 Å². The molecule has 5 heteroatoms. The molecule has 1 unspecified atom stereocenters. The van der Waals surface area contributed by atoms with Crippen molar-refractivity contribution in [2.45, 2.75) is 32.7 Å². The first-order valence-corrected chi connectivity index (χ1v) is 5.37. The zero-order chi connectivity index (χ0) is 12.1. The van der Waals surface area contributed by atoms with Crippen molar-refractivity contribution in [2.24, 2.45) is 5.73 Å². The number of nitrogens with one attached hydrogen (secondary N) is 1. The summed E-state index contributed by atoms with van der Waals surface area (Å²) in [6.07, 6.45) is 2.09. The van der Waals surface area contributed by atoms with Crippen LogP contribution in [0.15, 0.2) is 12.1 Å². The molecular formula is C11H18N4O. The Morgan fingerprint density at radius 1 is 1.56 bits per heavy atom. The van der Waals surface area contributed by atoms with Gasteiger partial charge < -0.3 is 16.8 Å². The van der Waals surface area contributed by atoms with Crippen LogP contribution in [0.25, 0.3) is 0 Å². The van der Waals surface area contributed by atoms with Crippen LogP contribution in [0.5, 0.6) is 0 Å². The molecule has 0 aromatic carbocycles. The predicted octanol–water partition coefficient (Wildman–Crippen LogP) is 1.36. The molecule has 1 aromatic rings. The van der Waals surface area contributed by atoms with Crippen LogP contribution in [0.2, 0.25) is 0 Å². The lowest BCUT2D eigenvalue weighted by molar-refractivity contribution is 0.0995. The number of amides is 1. The lowest BCUT2D eigenvalue weighted by Gasteiger charge is -2.15. The highest BCUT2D eigenvalue weighted by Gasteiger charge is 2.09. The van der Waals surface area contributed by atoms with E-state index in [0.717, 1.165) is 12.8 Å². The van der Waals surface area contributed by atoms with Crippen molar-refractivity contribution in [2.75, 3.05) is 11.1 Å². The maximum atomic E-state index is 11.0. The van der Waals surface area contributed by atoms with E-state index in [2.05, 4.69) is 17.2 Å². The first-order chi connectivity index (χ1) is 7.54. The van der Waals surface area contributed by atoms with Gasteiger partial charge in [0.05, 0.1) is 5.69 Å². The van der Waals surface area contributed by atoms with E-state index < -0.39 is 5.91 Å². The number of nitrogens with zero attached hydrogens (tertiary/aromatic N) is 1. The topological polar surface area (TPSA) is 94.0 Å². The summed E-state index contributed by atoms with van der Waals surface area (Å²) in [5, 5.41) is 3.16. The minimum Gasteiger partial charge on any atom is -0.396 e. The highest BCUT2D eigenvalue weighted by molar-refractivity contribution is 5.91. The van der Waals surface area contributed by atoms with E-state index in [9.17, 15) is 4.79 Å². The Morgan fingerprint density at radius 3 is 2.81 bits per heavy atom. The number of pyridine rings is 1. The Balaban J connectivity index is 2.85. The van der Waals surface area contributed by atoms with Crippen molar-refractivity contribution in [1.29, 1.82) is 0 Å². The first-order valence-electron chi connectivity index (χ1n) is 5.37. The SMILES string of the molecule is CCCC(C)Nc1nc(C(N)=O)ccc1N. The van der Waals surface area contributed by atoms with Crippen molar-refractivity contribution in [3.63, 3.8) is 0 Å². The molecule has 0 saturated carbocycles. The highest BCUT2D eigenvalue weighted by atomic mass is 16.1. The van der Waals surface area contributed by atoms with Gasteiger partial charge in [-0.05, 0) is 25.5 Å². The molecule has 1 heterocycles. The quantitative estimate of drug-likeness (QED) is 0.701. The van der Waals surface area contributed by atoms with Crippen LogP contribution in [0.1, 0.15) is 37.2 Å². The molecule has 0 aliphatic heterocycles. The van der Waals surface area contributed by atoms with E-state index in [4.69, 9.17) is 11.5 Å². The molecule has 0 bridgehead atoms. The Bertz CT molecular complexity index is 378. The van der Waals surface area contributed by atoms with Gasteiger partial charge in [0, 0.05) is 6.04 Å². The summed E-state index contributed by atoms with van der Waals surface area (Å²) < 4.78 is 0. The molecule has 0 spiro atoms. The van der Waals surface area contributed by atoms with E-state index in [-0.39, 0.29) is 11.7 Å². The minimum atomic E-state index is -0.550. The van der Waals surface area contributed by atoms with E-state index in [1.54, 1.807) is 6.07 Å². The number of carbonyl (C=O) groups excluding carboxylic acids is 1. The number of nitrogens with two attached hydrogens (primary N) is 2. The molecule has 1 aromatic heterocycles. The first kappa shape index (κ1) is 12.3. The second-order valence-corrected chi connectivity index (χ2v) is 3.83. The molecule has 0 aliphatic carbocycles. The third kappa shape index (κ3) is 3.12. The molecule has 16 heavy (non-hydrogen) atoms. The number of carbonyl (C=O) groups is 1. The average molecular weight is 222 g/mol. The zero-order valence-corrected chi connectivity index (χ0v) is 9.66. The van der Waals surface area contributed by atoms with E-state index in [1.165, 1.54) is 6.07 Å². The molecule has 1 amide bonds. The van der Waals surface area contributed by atoms with Gasteiger partial charge in [0.2, 0.25) is 0 Å². The Kier molecular flexibility index (Phi) is 4.10. The number of anilines is 2. The van der Waals surface area contributed by atoms with Crippen LogP contribution in [0.4, 0.5) is 11.5 Å². The third-order valence-electron chi connectivity index (χ3n) is 2.28. The maximum Gasteiger partial charge on any atom is 0.267 e. The van der Waals surface area contributed by atoms with E-state index >= 15 is 0 Å². The monoisotopic (exact) mass is 222 g/mol. The van der Waals surface area contributed by atoms with Gasteiger partial charge >= 0.3 is 0 Å². The minimum absolute atomic E-state index is 0.223. The Morgan fingerprint density at radius 2 is 2.25 bits per heavy atom. The lowest BCUT2D eigenvalue weighted by Crippen LogP contribution is -2.19. The molecular weight excluding hydrogens is 204 g/mol. The van der Waals surface area contributed by atoms with Gasteiger partial charge in [-0.1, -0.05) is 13.3 Å². The normalized spacial score (nSPS) is 12.1. The summed E-state index contributed by atoms with van der Waals surface area (Å²) in [6, 6.07) is 3.42. The zero-order valence-electron chi connectivity index (χ0n) is 9.66. The molecule has 1 atom stereocenters. The lowest BCUT2D eigenvalue weighted by atomic mass is 10.2. The fourth-order valence-corrected chi connectivity index (χ4v) is 1.46. The van der Waals surface area contributed by atoms with Gasteiger partial charge in [-0.15, -0.1) is 0 Å². The second-order valence-electron chi connectivity index (χ2n) is 3.83. The van der Waals surface area contributed by atoms with Crippen LogP contribution >= 0.6 is 0 Å². The van der Waals surface area contributed by atoms with Crippen LogP contribution in [-0.4, -0.2) is 16.9 Å². The van der Waals surface area contributed by atoms with Gasteiger partial charge in [0.1, 0.15) is 11.5 Å². The predicted molar refractivity (Wildman–Crippen MR) is 65.2 cm³/mol. The molecule has 88 valence electrons. The third-order valence-corrected chi connectivity index (χ3v) is 2.28. The second kappa shape index (κ2) is 5.34. The molecule has 0 saturated heterocycles. The number of nitrogen functional groups attached to an aromatic ring is 1.